The number of carboxylic acids is 1. The molecule has 0 aromatic heterocycles. The summed E-state index contributed by atoms with van der Waals surface area (Å²) in [5, 5.41) is 9.76. The summed E-state index contributed by atoms with van der Waals surface area (Å²) in [5.74, 6) is -2.07. The molecule has 1 N–H and O–H groups in total. The first-order chi connectivity index (χ1) is 46.6. The fourth-order valence-corrected chi connectivity index (χ4v) is 9.17. The molecule has 0 saturated heterocycles. The Morgan fingerprint density at radius 3 is 0.842 bits per heavy atom. The molecular weight excluding hydrogens is 1170 g/mol. The van der Waals surface area contributed by atoms with Crippen molar-refractivity contribution in [3.05, 3.63) is 219 Å². The van der Waals surface area contributed by atoms with Crippen LogP contribution in [0.25, 0.3) is 0 Å². The quantitative estimate of drug-likeness (QED) is 0.0211. The van der Waals surface area contributed by atoms with Crippen molar-refractivity contribution >= 4 is 17.9 Å². The monoisotopic (exact) mass is 1310 g/mol. The molecule has 0 spiro atoms. The van der Waals surface area contributed by atoms with Crippen LogP contribution in [0.1, 0.15) is 245 Å². The highest BCUT2D eigenvalue weighted by molar-refractivity contribution is 5.71. The van der Waals surface area contributed by atoms with Gasteiger partial charge in [-0.1, -0.05) is 297 Å². The zero-order chi connectivity index (χ0) is 69.0. The number of allylic oxidation sites excluding steroid dienone is 36. The second-order valence-corrected chi connectivity index (χ2v) is 24.8. The van der Waals surface area contributed by atoms with Crippen LogP contribution in [0.4, 0.5) is 0 Å². The molecule has 2 atom stereocenters. The minimum Gasteiger partial charge on any atom is -0.477 e. The van der Waals surface area contributed by atoms with E-state index in [2.05, 4.69) is 233 Å². The highest BCUT2D eigenvalue weighted by Gasteiger charge is 2.25. The Bertz CT molecular complexity index is 2370. The summed E-state index contributed by atoms with van der Waals surface area (Å²) in [6.07, 6.45) is 113. The van der Waals surface area contributed by atoms with Crippen molar-refractivity contribution in [2.75, 3.05) is 47.5 Å². The Hall–Kier alpha value is -6.39. The summed E-state index contributed by atoms with van der Waals surface area (Å²) < 4.78 is 22.9. The lowest BCUT2D eigenvalue weighted by Gasteiger charge is -2.25. The number of aliphatic carboxylic acids is 1. The summed E-state index contributed by atoms with van der Waals surface area (Å²) >= 11 is 0. The van der Waals surface area contributed by atoms with Gasteiger partial charge >= 0.3 is 17.9 Å². The number of carbonyl (C=O) groups excluding carboxylic acids is 2. The molecule has 0 saturated carbocycles. The number of esters is 2. The van der Waals surface area contributed by atoms with Crippen molar-refractivity contribution in [3.8, 4) is 0 Å². The summed E-state index contributed by atoms with van der Waals surface area (Å²) in [6.45, 7) is 4.59. The van der Waals surface area contributed by atoms with E-state index >= 15 is 0 Å². The molecule has 0 aliphatic rings. The first-order valence-corrected chi connectivity index (χ1v) is 36.9. The molecule has 0 amide bonds. The summed E-state index contributed by atoms with van der Waals surface area (Å²) in [7, 11) is 5.95. The topological polar surface area (TPSA) is 108 Å². The zero-order valence-electron chi connectivity index (χ0n) is 60.5. The molecule has 0 heterocycles. The van der Waals surface area contributed by atoms with Crippen LogP contribution in [0.3, 0.4) is 0 Å². The average Bonchev–Trinajstić information content (AvgIpc) is 3.54. The van der Waals surface area contributed by atoms with E-state index < -0.39 is 24.3 Å². The van der Waals surface area contributed by atoms with Gasteiger partial charge in [-0.05, 0) is 154 Å². The fraction of sp³-hybridized carbons (Fsp3) is 0.547. The maximum absolute atomic E-state index is 13.0. The summed E-state index contributed by atoms with van der Waals surface area (Å²) in [5.41, 5.74) is 0. The Labute approximate surface area is 581 Å². The standard InChI is InChI=1S/C86H133NO8/c1-6-8-10-12-14-16-18-20-22-24-26-28-30-32-34-36-37-38-39-40-41-42-43-44-45-46-47-49-51-53-55-57-59-61-63-65-67-69-71-73-75-77-84(89)95-82(81-94-86(85(90)91)92-79-78-87(3,4)5)80-93-83(88)76-74-72-70-68-66-64-62-60-58-56-54-52-50-48-35-33-31-29-27-25-23-21-19-17-15-13-11-9-7-2/h8-11,14-17,20-23,26-29,32-35,37-38,40-41,43-44,46-47,50-53,57,59,63,65,82,86H,6-7,12-13,18-19,24-25,30-31,36,39,42,45,48-49,54-56,58,60-62,64,66-81H2,1-5H3/p+1/b10-8-,11-9-,16-14-,17-15-,22-20-,23-21-,28-26-,29-27-,34-32-,35-33-,38-37-,41-40-,44-43-,47-46-,52-50-,53-51-,59-57-,65-63-. The molecule has 9 nitrogen and oxygen atoms in total. The number of unbranched alkanes of at least 4 members (excludes halogenated alkanes) is 14. The van der Waals surface area contributed by atoms with Gasteiger partial charge in [0.25, 0.3) is 6.29 Å². The maximum Gasteiger partial charge on any atom is 0.361 e. The second kappa shape index (κ2) is 73.4. The number of hydrogen-bond acceptors (Lipinski definition) is 7. The number of rotatable bonds is 65. The molecular formula is C86H134NO8+. The van der Waals surface area contributed by atoms with Gasteiger partial charge in [0, 0.05) is 12.8 Å². The Morgan fingerprint density at radius 1 is 0.316 bits per heavy atom. The number of ether oxygens (including phenoxy) is 4. The van der Waals surface area contributed by atoms with Gasteiger partial charge < -0.3 is 28.5 Å². The summed E-state index contributed by atoms with van der Waals surface area (Å²) in [6, 6.07) is 0. The minimum absolute atomic E-state index is 0.169. The zero-order valence-corrected chi connectivity index (χ0v) is 60.5. The Morgan fingerprint density at radius 2 is 0.568 bits per heavy atom. The van der Waals surface area contributed by atoms with E-state index in [0.717, 1.165) is 173 Å². The van der Waals surface area contributed by atoms with E-state index in [1.165, 1.54) is 38.5 Å². The van der Waals surface area contributed by atoms with Crippen LogP contribution in [0, 0.1) is 0 Å². The third-order valence-electron chi connectivity index (χ3n) is 14.7. The molecule has 95 heavy (non-hydrogen) atoms. The lowest BCUT2D eigenvalue weighted by molar-refractivity contribution is -0.870. The minimum atomic E-state index is -1.53. The van der Waals surface area contributed by atoms with E-state index in [4.69, 9.17) is 18.9 Å². The van der Waals surface area contributed by atoms with Crippen LogP contribution in [0.15, 0.2) is 219 Å². The molecule has 0 aliphatic carbocycles. The van der Waals surface area contributed by atoms with Crippen LogP contribution in [0.5, 0.6) is 0 Å². The Balaban J connectivity index is 4.25. The molecule has 0 fully saturated rings. The number of hydrogen-bond donors (Lipinski definition) is 1. The lowest BCUT2D eigenvalue weighted by Crippen LogP contribution is -2.40. The van der Waals surface area contributed by atoms with Crippen LogP contribution in [-0.2, 0) is 33.3 Å². The molecule has 0 aliphatic heterocycles. The van der Waals surface area contributed by atoms with Crippen molar-refractivity contribution in [2.45, 2.75) is 257 Å². The second-order valence-electron chi connectivity index (χ2n) is 24.8. The van der Waals surface area contributed by atoms with Gasteiger partial charge in [-0.25, -0.2) is 4.79 Å². The fourth-order valence-electron chi connectivity index (χ4n) is 9.17. The number of carboxylic acid groups (broad SMARTS) is 1. The van der Waals surface area contributed by atoms with E-state index in [1.807, 2.05) is 21.1 Å². The molecule has 0 aromatic carbocycles. The van der Waals surface area contributed by atoms with Crippen molar-refractivity contribution in [1.29, 1.82) is 0 Å². The van der Waals surface area contributed by atoms with Crippen molar-refractivity contribution in [3.63, 3.8) is 0 Å². The number of likely N-dealkylation sites (N-methyl/N-ethyl adjacent to an activating group) is 1. The summed E-state index contributed by atoms with van der Waals surface area (Å²) in [4.78, 5) is 37.7. The predicted molar refractivity (Wildman–Crippen MR) is 409 cm³/mol. The third kappa shape index (κ3) is 74.9. The van der Waals surface area contributed by atoms with E-state index in [1.54, 1.807) is 0 Å². The van der Waals surface area contributed by atoms with Gasteiger partial charge in [0.2, 0.25) is 0 Å². The average molecular weight is 1310 g/mol. The van der Waals surface area contributed by atoms with Crippen molar-refractivity contribution in [1.82, 2.24) is 0 Å². The highest BCUT2D eigenvalue weighted by Crippen LogP contribution is 2.15. The van der Waals surface area contributed by atoms with Crippen LogP contribution < -0.4 is 0 Å². The van der Waals surface area contributed by atoms with Gasteiger partial charge in [-0.2, -0.15) is 0 Å². The van der Waals surface area contributed by atoms with Gasteiger partial charge in [-0.3, -0.25) is 9.59 Å². The highest BCUT2D eigenvalue weighted by atomic mass is 16.7. The van der Waals surface area contributed by atoms with Gasteiger partial charge in [0.1, 0.15) is 13.2 Å². The molecule has 530 valence electrons. The number of nitrogens with zero attached hydrogens (tertiary/aromatic N) is 1. The van der Waals surface area contributed by atoms with Crippen molar-refractivity contribution in [2.24, 2.45) is 0 Å². The molecule has 0 radical (unpaired) electrons. The van der Waals surface area contributed by atoms with E-state index in [9.17, 15) is 19.5 Å². The number of quaternary nitrogens is 1. The SMILES string of the molecule is CC/C=C\C/C=C\C/C=C\C/C=C\C/C=C\C/C=C\C/C=C\C/C=C\C/C=C\C/C=C\C/C=C\C/C=C\CCCCCCC(=O)OC(COC(=O)CCCCCCCCCCCC/C=C\C/C=C\C/C=C\C/C=C\C/C=C\C/C=C\CC)COC(OCC[N+](C)(C)C)C(=O)O. The van der Waals surface area contributed by atoms with Gasteiger partial charge in [0.15, 0.2) is 6.10 Å². The number of carbonyl (C=O) groups is 3. The maximum atomic E-state index is 13.0. The van der Waals surface area contributed by atoms with Crippen LogP contribution >= 0.6 is 0 Å². The van der Waals surface area contributed by atoms with Gasteiger partial charge in [-0.15, -0.1) is 0 Å². The van der Waals surface area contributed by atoms with Crippen LogP contribution in [0.2, 0.25) is 0 Å². The Kier molecular flexibility index (Phi) is 68.5. The normalized spacial score (nSPS) is 14.0. The van der Waals surface area contributed by atoms with E-state index in [0.29, 0.717) is 17.4 Å². The van der Waals surface area contributed by atoms with Gasteiger partial charge in [0.05, 0.1) is 34.4 Å². The van der Waals surface area contributed by atoms with Crippen molar-refractivity contribution < 1.29 is 42.9 Å². The molecule has 0 rings (SSSR count). The largest absolute Gasteiger partial charge is 0.477 e. The first kappa shape index (κ1) is 88.6. The van der Waals surface area contributed by atoms with E-state index in [-0.39, 0.29) is 38.6 Å². The molecule has 2 unspecified atom stereocenters. The van der Waals surface area contributed by atoms with Crippen LogP contribution in [-0.4, -0.2) is 87.4 Å². The molecule has 9 heteroatoms. The smallest absolute Gasteiger partial charge is 0.361 e. The lowest BCUT2D eigenvalue weighted by atomic mass is 10.1. The first-order valence-electron chi connectivity index (χ1n) is 36.9. The predicted octanol–water partition coefficient (Wildman–Crippen LogP) is 23.7. The molecule has 0 bridgehead atoms. The molecule has 0 aromatic rings. The third-order valence-corrected chi connectivity index (χ3v) is 14.7.